The molecule has 28 heavy (non-hydrogen) atoms. The maximum Gasteiger partial charge on any atom is 0.343 e. The first-order valence-corrected chi connectivity index (χ1v) is 9.29. The molecule has 0 heterocycles. The molecule has 0 aromatic heterocycles. The van der Waals surface area contributed by atoms with Crippen molar-refractivity contribution in [2.45, 2.75) is 19.8 Å². The Morgan fingerprint density at radius 2 is 1.39 bits per heavy atom. The van der Waals surface area contributed by atoms with Gasteiger partial charge in [-0.2, -0.15) is 0 Å². The number of carbonyl (C=O) groups excluding carboxylic acids is 2. The number of hydrogen-bond acceptors (Lipinski definition) is 3. The minimum atomic E-state index is -0.436. The van der Waals surface area contributed by atoms with Crippen LogP contribution in [0.25, 0.3) is 0 Å². The van der Waals surface area contributed by atoms with Gasteiger partial charge in [0.15, 0.2) is 0 Å². The summed E-state index contributed by atoms with van der Waals surface area (Å²) in [5.74, 6) is 0.0794. The predicted octanol–water partition coefficient (Wildman–Crippen LogP) is 5.93. The molecule has 3 aromatic carbocycles. The number of anilines is 1. The van der Waals surface area contributed by atoms with Crippen LogP contribution in [0.1, 0.15) is 46.0 Å². The number of esters is 1. The molecule has 0 aliphatic carbocycles. The van der Waals surface area contributed by atoms with Gasteiger partial charge in [0.25, 0.3) is 5.91 Å². The second-order valence-corrected chi connectivity index (χ2v) is 7.09. The average Bonchev–Trinajstić information content (AvgIpc) is 2.70. The first-order valence-electron chi connectivity index (χ1n) is 8.91. The standard InChI is InChI=1S/C23H20ClNO3/c1-15(2)16-3-5-18(6-4-16)23(27)28-21-13-7-17(8-14-21)22(26)25-20-11-9-19(24)10-12-20/h3-15H,1-2H3,(H,25,26). The van der Waals surface area contributed by atoms with Gasteiger partial charge in [-0.1, -0.05) is 37.6 Å². The van der Waals surface area contributed by atoms with E-state index < -0.39 is 5.97 Å². The summed E-state index contributed by atoms with van der Waals surface area (Å²) in [5, 5.41) is 3.38. The normalized spacial score (nSPS) is 10.6. The van der Waals surface area contributed by atoms with E-state index in [1.807, 2.05) is 12.1 Å². The SMILES string of the molecule is CC(C)c1ccc(C(=O)Oc2ccc(C(=O)Nc3ccc(Cl)cc3)cc2)cc1. The fraction of sp³-hybridized carbons (Fsp3) is 0.130. The number of nitrogens with one attached hydrogen (secondary N) is 1. The summed E-state index contributed by atoms with van der Waals surface area (Å²) in [5.41, 5.74) is 2.74. The maximum atomic E-state index is 12.3. The average molecular weight is 394 g/mol. The van der Waals surface area contributed by atoms with Gasteiger partial charge in [0.05, 0.1) is 5.56 Å². The summed E-state index contributed by atoms with van der Waals surface area (Å²) >= 11 is 5.84. The maximum absolute atomic E-state index is 12.3. The van der Waals surface area contributed by atoms with E-state index in [4.69, 9.17) is 16.3 Å². The first-order chi connectivity index (χ1) is 13.4. The van der Waals surface area contributed by atoms with Crippen LogP contribution in [-0.4, -0.2) is 11.9 Å². The van der Waals surface area contributed by atoms with Crippen molar-refractivity contribution < 1.29 is 14.3 Å². The van der Waals surface area contributed by atoms with Gasteiger partial charge < -0.3 is 10.1 Å². The second kappa shape index (κ2) is 8.72. The van der Waals surface area contributed by atoms with Gasteiger partial charge in [-0.25, -0.2) is 4.79 Å². The highest BCUT2D eigenvalue weighted by Crippen LogP contribution is 2.19. The van der Waals surface area contributed by atoms with Gasteiger partial charge in [-0.15, -0.1) is 0 Å². The Bertz CT molecular complexity index is 962. The third kappa shape index (κ3) is 4.99. The molecule has 0 unspecified atom stereocenters. The van der Waals surface area contributed by atoms with Crippen molar-refractivity contribution in [3.05, 3.63) is 94.5 Å². The third-order valence-electron chi connectivity index (χ3n) is 4.24. The molecule has 1 amide bonds. The zero-order valence-electron chi connectivity index (χ0n) is 15.6. The molecule has 0 aliphatic heterocycles. The number of carbonyl (C=O) groups is 2. The van der Waals surface area contributed by atoms with E-state index in [-0.39, 0.29) is 5.91 Å². The van der Waals surface area contributed by atoms with Crippen molar-refractivity contribution in [2.24, 2.45) is 0 Å². The lowest BCUT2D eigenvalue weighted by molar-refractivity contribution is 0.0734. The largest absolute Gasteiger partial charge is 0.423 e. The Labute approximate surface area is 169 Å². The van der Waals surface area contributed by atoms with Crippen LogP contribution in [0.4, 0.5) is 5.69 Å². The van der Waals surface area contributed by atoms with Crippen LogP contribution in [0.3, 0.4) is 0 Å². The molecule has 1 N–H and O–H groups in total. The molecule has 0 spiro atoms. The third-order valence-corrected chi connectivity index (χ3v) is 4.49. The Balaban J connectivity index is 1.62. The van der Waals surface area contributed by atoms with Gasteiger partial charge in [-0.3, -0.25) is 4.79 Å². The van der Waals surface area contributed by atoms with E-state index in [0.717, 1.165) is 5.56 Å². The fourth-order valence-corrected chi connectivity index (χ4v) is 2.71. The lowest BCUT2D eigenvalue weighted by Crippen LogP contribution is -2.12. The second-order valence-electron chi connectivity index (χ2n) is 6.65. The van der Waals surface area contributed by atoms with Crippen LogP contribution < -0.4 is 10.1 Å². The van der Waals surface area contributed by atoms with Crippen LogP contribution in [-0.2, 0) is 0 Å². The van der Waals surface area contributed by atoms with E-state index in [9.17, 15) is 9.59 Å². The Hall–Kier alpha value is -3.11. The molecule has 3 rings (SSSR count). The van der Waals surface area contributed by atoms with Crippen molar-refractivity contribution in [1.82, 2.24) is 0 Å². The van der Waals surface area contributed by atoms with E-state index >= 15 is 0 Å². The quantitative estimate of drug-likeness (QED) is 0.431. The van der Waals surface area contributed by atoms with E-state index in [2.05, 4.69) is 19.2 Å². The number of rotatable bonds is 5. The Kier molecular flexibility index (Phi) is 6.12. The van der Waals surface area contributed by atoms with Crippen LogP contribution in [0.2, 0.25) is 5.02 Å². The van der Waals surface area contributed by atoms with Crippen molar-refractivity contribution in [3.63, 3.8) is 0 Å². The van der Waals surface area contributed by atoms with Gasteiger partial charge in [0.2, 0.25) is 0 Å². The lowest BCUT2D eigenvalue weighted by atomic mass is 10.0. The Morgan fingerprint density at radius 3 is 1.96 bits per heavy atom. The summed E-state index contributed by atoms with van der Waals surface area (Å²) in [6.45, 7) is 4.19. The summed E-state index contributed by atoms with van der Waals surface area (Å²) in [7, 11) is 0. The van der Waals surface area contributed by atoms with Crippen molar-refractivity contribution in [3.8, 4) is 5.75 Å². The zero-order chi connectivity index (χ0) is 20.1. The van der Waals surface area contributed by atoms with Gasteiger partial charge in [0, 0.05) is 16.3 Å². The van der Waals surface area contributed by atoms with Crippen LogP contribution in [0.5, 0.6) is 5.75 Å². The highest BCUT2D eigenvalue weighted by atomic mass is 35.5. The zero-order valence-corrected chi connectivity index (χ0v) is 16.4. The van der Waals surface area contributed by atoms with Crippen molar-refractivity contribution in [1.29, 1.82) is 0 Å². The van der Waals surface area contributed by atoms with E-state index in [1.54, 1.807) is 60.7 Å². The molecule has 4 nitrogen and oxygen atoms in total. The number of amides is 1. The molecular formula is C23H20ClNO3. The fourth-order valence-electron chi connectivity index (χ4n) is 2.58. The number of ether oxygens (including phenoxy) is 1. The monoisotopic (exact) mass is 393 g/mol. The summed E-state index contributed by atoms with van der Waals surface area (Å²) < 4.78 is 5.38. The highest BCUT2D eigenvalue weighted by molar-refractivity contribution is 6.30. The highest BCUT2D eigenvalue weighted by Gasteiger charge is 2.11. The summed E-state index contributed by atoms with van der Waals surface area (Å²) in [6, 6.07) is 20.6. The molecule has 0 fully saturated rings. The van der Waals surface area contributed by atoms with Crippen LogP contribution in [0.15, 0.2) is 72.8 Å². The molecule has 142 valence electrons. The molecule has 0 bridgehead atoms. The van der Waals surface area contributed by atoms with E-state index in [1.165, 1.54) is 0 Å². The molecule has 5 heteroatoms. The van der Waals surface area contributed by atoms with Crippen molar-refractivity contribution >= 4 is 29.2 Å². The topological polar surface area (TPSA) is 55.4 Å². The molecule has 0 saturated carbocycles. The first kappa shape index (κ1) is 19.6. The van der Waals surface area contributed by atoms with Crippen molar-refractivity contribution in [2.75, 3.05) is 5.32 Å². The van der Waals surface area contributed by atoms with Gasteiger partial charge in [-0.05, 0) is 72.1 Å². The molecule has 0 radical (unpaired) electrons. The number of benzene rings is 3. The van der Waals surface area contributed by atoms with Gasteiger partial charge >= 0.3 is 5.97 Å². The summed E-state index contributed by atoms with van der Waals surface area (Å²) in [4.78, 5) is 24.6. The van der Waals surface area contributed by atoms with Crippen LogP contribution >= 0.6 is 11.6 Å². The number of halogens is 1. The molecular weight excluding hydrogens is 374 g/mol. The number of hydrogen-bond donors (Lipinski definition) is 1. The Morgan fingerprint density at radius 1 is 0.821 bits per heavy atom. The summed E-state index contributed by atoms with van der Waals surface area (Å²) in [6.07, 6.45) is 0. The smallest absolute Gasteiger partial charge is 0.343 e. The molecule has 0 atom stereocenters. The minimum Gasteiger partial charge on any atom is -0.423 e. The molecule has 0 saturated heterocycles. The van der Waals surface area contributed by atoms with Gasteiger partial charge in [0.1, 0.15) is 5.75 Å². The lowest BCUT2D eigenvalue weighted by Gasteiger charge is -2.08. The van der Waals surface area contributed by atoms with Crippen LogP contribution in [0, 0.1) is 0 Å². The molecule has 3 aromatic rings. The molecule has 0 aliphatic rings. The minimum absolute atomic E-state index is 0.260. The predicted molar refractivity (Wildman–Crippen MR) is 111 cm³/mol. The van der Waals surface area contributed by atoms with E-state index in [0.29, 0.717) is 33.5 Å².